The molecule has 38 heavy (non-hydrogen) atoms. The summed E-state index contributed by atoms with van der Waals surface area (Å²) in [5.74, 6) is 1.71. The van der Waals surface area contributed by atoms with Gasteiger partial charge in [0.25, 0.3) is 0 Å². The highest BCUT2D eigenvalue weighted by molar-refractivity contribution is 6.05. The molecule has 2 saturated carbocycles. The lowest BCUT2D eigenvalue weighted by molar-refractivity contribution is -0.128. The van der Waals surface area contributed by atoms with Crippen LogP contribution in [0.4, 0.5) is 0 Å². The van der Waals surface area contributed by atoms with Crippen molar-refractivity contribution in [2.75, 3.05) is 0 Å². The van der Waals surface area contributed by atoms with E-state index in [1.165, 1.54) is 32.1 Å². The van der Waals surface area contributed by atoms with E-state index in [0.29, 0.717) is 36.0 Å². The fourth-order valence-corrected chi connectivity index (χ4v) is 6.11. The summed E-state index contributed by atoms with van der Waals surface area (Å²) < 4.78 is 5.05. The number of nitrogens with one attached hydrogen (secondary N) is 1. The van der Waals surface area contributed by atoms with Gasteiger partial charge in [0.05, 0.1) is 5.41 Å². The van der Waals surface area contributed by atoms with Gasteiger partial charge in [0.15, 0.2) is 5.78 Å². The van der Waals surface area contributed by atoms with Crippen molar-refractivity contribution in [3.63, 3.8) is 0 Å². The molecular formula is C32H37N3O3. The van der Waals surface area contributed by atoms with Crippen LogP contribution in [0.5, 0.6) is 0 Å². The van der Waals surface area contributed by atoms with Crippen molar-refractivity contribution in [2.24, 2.45) is 5.92 Å². The van der Waals surface area contributed by atoms with Crippen LogP contribution in [0.25, 0.3) is 11.4 Å². The Morgan fingerprint density at radius 2 is 1.68 bits per heavy atom. The van der Waals surface area contributed by atoms with Gasteiger partial charge in [0.2, 0.25) is 17.6 Å². The lowest BCUT2D eigenvalue weighted by atomic mass is 9.67. The first-order valence-electron chi connectivity index (χ1n) is 14.0. The summed E-state index contributed by atoms with van der Waals surface area (Å²) in [5.41, 5.74) is 3.05. The van der Waals surface area contributed by atoms with Crippen molar-refractivity contribution >= 4 is 11.7 Å². The van der Waals surface area contributed by atoms with Crippen LogP contribution < -0.4 is 5.32 Å². The molecule has 1 aromatic heterocycles. The maximum Gasteiger partial charge on any atom is 0.230 e. The molecule has 5 rings (SSSR count). The molecule has 2 aromatic carbocycles. The Morgan fingerprint density at radius 1 is 1.00 bits per heavy atom. The van der Waals surface area contributed by atoms with E-state index >= 15 is 0 Å². The average Bonchev–Trinajstić information content (AvgIpc) is 3.40. The molecule has 198 valence electrons. The molecule has 6 heteroatoms. The second kappa shape index (κ2) is 11.5. The molecule has 6 nitrogen and oxygen atoms in total. The summed E-state index contributed by atoms with van der Waals surface area (Å²) in [6.45, 7) is 3.92. The van der Waals surface area contributed by atoms with E-state index < -0.39 is 5.41 Å². The quantitative estimate of drug-likeness (QED) is 0.280. The van der Waals surface area contributed by atoms with Gasteiger partial charge in [-0.1, -0.05) is 84.6 Å². The number of ketones is 1. The topological polar surface area (TPSA) is 85.1 Å². The maximum atomic E-state index is 13.9. The minimum atomic E-state index is -0.561. The van der Waals surface area contributed by atoms with Crippen molar-refractivity contribution in [1.82, 2.24) is 15.5 Å². The van der Waals surface area contributed by atoms with Crippen LogP contribution in [-0.4, -0.2) is 27.9 Å². The van der Waals surface area contributed by atoms with Crippen LogP contribution in [-0.2, 0) is 10.2 Å². The molecule has 2 aliphatic rings. The molecule has 1 unspecified atom stereocenters. The van der Waals surface area contributed by atoms with Crippen LogP contribution >= 0.6 is 0 Å². The Hall–Kier alpha value is -3.54. The number of aryl methyl sites for hydroxylation is 1. The molecule has 1 N–H and O–H groups in total. The molecule has 3 aromatic rings. The number of amides is 1. The van der Waals surface area contributed by atoms with E-state index in [1.807, 2.05) is 30.3 Å². The van der Waals surface area contributed by atoms with Gasteiger partial charge in [-0.3, -0.25) is 9.59 Å². The molecule has 1 atom stereocenters. The van der Waals surface area contributed by atoms with Crippen molar-refractivity contribution in [3.8, 4) is 11.4 Å². The van der Waals surface area contributed by atoms with Gasteiger partial charge in [0, 0.05) is 24.1 Å². The lowest BCUT2D eigenvalue weighted by Gasteiger charge is -2.39. The van der Waals surface area contributed by atoms with Gasteiger partial charge < -0.3 is 9.84 Å². The Labute approximate surface area is 224 Å². The van der Waals surface area contributed by atoms with Gasteiger partial charge in [-0.25, -0.2) is 0 Å². The Kier molecular flexibility index (Phi) is 7.87. The summed E-state index contributed by atoms with van der Waals surface area (Å²) in [6, 6.07) is 17.7. The van der Waals surface area contributed by atoms with Crippen LogP contribution in [0.2, 0.25) is 0 Å². The van der Waals surface area contributed by atoms with Crippen molar-refractivity contribution < 1.29 is 14.1 Å². The first kappa shape index (κ1) is 26.1. The Bertz CT molecular complexity index is 1280. The summed E-state index contributed by atoms with van der Waals surface area (Å²) in [4.78, 5) is 31.1. The molecule has 0 aliphatic heterocycles. The number of aromatic nitrogens is 2. The zero-order chi connectivity index (χ0) is 26.5. The largest absolute Gasteiger partial charge is 0.353 e. The second-order valence-electron chi connectivity index (χ2n) is 11.0. The number of benzene rings is 2. The third-order valence-electron chi connectivity index (χ3n) is 8.51. The van der Waals surface area contributed by atoms with Crippen LogP contribution in [0.1, 0.15) is 86.5 Å². The van der Waals surface area contributed by atoms with Crippen molar-refractivity contribution in [3.05, 3.63) is 83.3 Å². The van der Waals surface area contributed by atoms with Crippen LogP contribution in [0.15, 0.2) is 70.8 Å². The number of carbonyl (C=O) groups excluding carboxylic acids is 2. The minimum absolute atomic E-state index is 0.0153. The predicted molar refractivity (Wildman–Crippen MR) is 148 cm³/mol. The molecule has 0 radical (unpaired) electrons. The fourth-order valence-electron chi connectivity index (χ4n) is 6.11. The third kappa shape index (κ3) is 5.64. The van der Waals surface area contributed by atoms with Gasteiger partial charge in [-0.15, -0.1) is 0 Å². The molecule has 1 amide bonds. The van der Waals surface area contributed by atoms with E-state index in [2.05, 4.69) is 34.5 Å². The van der Waals surface area contributed by atoms with Crippen molar-refractivity contribution in [2.45, 2.75) is 83.1 Å². The van der Waals surface area contributed by atoms with E-state index in [-0.39, 0.29) is 17.7 Å². The summed E-state index contributed by atoms with van der Waals surface area (Å²) >= 11 is 0. The predicted octanol–water partition coefficient (Wildman–Crippen LogP) is 6.75. The first-order valence-corrected chi connectivity index (χ1v) is 14.0. The van der Waals surface area contributed by atoms with Gasteiger partial charge in [-0.05, 0) is 63.0 Å². The number of allylic oxidation sites excluding steroid dienone is 2. The minimum Gasteiger partial charge on any atom is -0.353 e. The highest BCUT2D eigenvalue weighted by Gasteiger charge is 2.43. The monoisotopic (exact) mass is 511 g/mol. The third-order valence-corrected chi connectivity index (χ3v) is 8.51. The number of rotatable bonds is 7. The molecular weight excluding hydrogens is 474 g/mol. The number of carbonyl (C=O) groups is 2. The second-order valence-corrected chi connectivity index (χ2v) is 11.0. The number of hydrogen-bond donors (Lipinski definition) is 1. The molecule has 0 bridgehead atoms. The van der Waals surface area contributed by atoms with Crippen LogP contribution in [0, 0.1) is 12.8 Å². The first-order chi connectivity index (χ1) is 18.4. The van der Waals surface area contributed by atoms with Gasteiger partial charge in [0.1, 0.15) is 0 Å². The molecule has 1 heterocycles. The SMILES string of the molecule is Cc1nc(-c2ccc(C(=O)C=C3CCC(C(=O)NC(C)C4CCCCC4)(c4ccccc4)CC3)cc2)no1. The zero-order valence-electron chi connectivity index (χ0n) is 22.4. The van der Waals surface area contributed by atoms with E-state index in [9.17, 15) is 9.59 Å². The van der Waals surface area contributed by atoms with Gasteiger partial charge in [-0.2, -0.15) is 4.98 Å². The number of hydrogen-bond acceptors (Lipinski definition) is 5. The average molecular weight is 512 g/mol. The maximum absolute atomic E-state index is 13.9. The summed E-state index contributed by atoms with van der Waals surface area (Å²) in [7, 11) is 0. The normalized spacial score (nSPS) is 21.1. The smallest absolute Gasteiger partial charge is 0.230 e. The van der Waals surface area contributed by atoms with Gasteiger partial charge >= 0.3 is 0 Å². The molecule has 2 fully saturated rings. The highest BCUT2D eigenvalue weighted by Crippen LogP contribution is 2.42. The fraction of sp³-hybridized carbons (Fsp3) is 0.438. The van der Waals surface area contributed by atoms with E-state index in [0.717, 1.165) is 29.5 Å². The van der Waals surface area contributed by atoms with Crippen molar-refractivity contribution in [1.29, 1.82) is 0 Å². The highest BCUT2D eigenvalue weighted by atomic mass is 16.5. The van der Waals surface area contributed by atoms with Crippen LogP contribution in [0.3, 0.4) is 0 Å². The zero-order valence-corrected chi connectivity index (χ0v) is 22.4. The Morgan fingerprint density at radius 3 is 2.32 bits per heavy atom. The molecule has 2 aliphatic carbocycles. The lowest BCUT2D eigenvalue weighted by Crippen LogP contribution is -2.50. The van der Waals surface area contributed by atoms with E-state index in [1.54, 1.807) is 25.1 Å². The number of nitrogens with zero attached hydrogens (tertiary/aromatic N) is 2. The Balaban J connectivity index is 1.28. The molecule has 0 spiro atoms. The summed E-state index contributed by atoms with van der Waals surface area (Å²) in [6.07, 6.45) is 10.9. The molecule has 0 saturated heterocycles. The summed E-state index contributed by atoms with van der Waals surface area (Å²) in [5, 5.41) is 7.35. The van der Waals surface area contributed by atoms with E-state index in [4.69, 9.17) is 4.52 Å². The standard InChI is InChI=1S/C32H37N3O3/c1-22(25-9-5-3-6-10-25)33-31(37)32(28-11-7-4-8-12-28)19-17-24(18-20-32)21-29(36)26-13-15-27(16-14-26)30-34-23(2)38-35-30/h4,7-8,11-16,21-22,25H,3,5-6,9-10,17-20H2,1-2H3,(H,33,37).